The summed E-state index contributed by atoms with van der Waals surface area (Å²) in [6, 6.07) is 3.35. The molecule has 0 aliphatic heterocycles. The van der Waals surface area contributed by atoms with Gasteiger partial charge in [-0.15, -0.1) is 0 Å². The Morgan fingerprint density at radius 1 is 1.56 bits per heavy atom. The van der Waals surface area contributed by atoms with Crippen molar-refractivity contribution in [3.63, 3.8) is 0 Å². The van der Waals surface area contributed by atoms with Crippen LogP contribution in [0.3, 0.4) is 0 Å². The minimum Gasteiger partial charge on any atom is -0.491 e. The number of aliphatic hydroxyl groups excluding tert-OH is 1. The number of nitrogens with one attached hydrogen (secondary N) is 2. The number of carbonyl (C=O) groups excluding carboxylic acids is 1. The molecule has 1 aromatic carbocycles. The van der Waals surface area contributed by atoms with Gasteiger partial charge >= 0.3 is 0 Å². The van der Waals surface area contributed by atoms with Gasteiger partial charge in [-0.2, -0.15) is 0 Å². The molecule has 0 atom stereocenters. The number of ether oxygens (including phenoxy) is 1. The van der Waals surface area contributed by atoms with Crippen LogP contribution in [0.15, 0.2) is 12.1 Å². The number of aromatic amines is 1. The van der Waals surface area contributed by atoms with Gasteiger partial charge in [0.1, 0.15) is 17.6 Å². The number of aliphatic hydroxyl groups is 1. The van der Waals surface area contributed by atoms with Gasteiger partial charge in [0.05, 0.1) is 12.1 Å². The van der Waals surface area contributed by atoms with Crippen molar-refractivity contribution in [1.82, 2.24) is 9.97 Å². The summed E-state index contributed by atoms with van der Waals surface area (Å²) in [5.74, 6) is 1.18. The summed E-state index contributed by atoms with van der Waals surface area (Å²) >= 11 is 0. The van der Waals surface area contributed by atoms with Crippen molar-refractivity contribution < 1.29 is 14.6 Å². The third-order valence-corrected chi connectivity index (χ3v) is 2.51. The Labute approximate surface area is 104 Å². The molecule has 2 rings (SSSR count). The Morgan fingerprint density at radius 2 is 2.39 bits per heavy atom. The van der Waals surface area contributed by atoms with Gasteiger partial charge in [-0.3, -0.25) is 4.79 Å². The molecule has 0 aliphatic rings. The van der Waals surface area contributed by atoms with Crippen LogP contribution >= 0.6 is 0 Å². The van der Waals surface area contributed by atoms with E-state index >= 15 is 0 Å². The van der Waals surface area contributed by atoms with Crippen molar-refractivity contribution in [2.24, 2.45) is 0 Å². The fourth-order valence-electron chi connectivity index (χ4n) is 1.65. The van der Waals surface area contributed by atoms with E-state index in [0.717, 1.165) is 11.8 Å². The van der Waals surface area contributed by atoms with Gasteiger partial charge in [0, 0.05) is 25.6 Å². The van der Waals surface area contributed by atoms with Gasteiger partial charge in [-0.05, 0) is 12.1 Å². The second-order valence-corrected chi connectivity index (χ2v) is 3.79. The van der Waals surface area contributed by atoms with Crippen LogP contribution in [0.25, 0.3) is 11.0 Å². The number of anilines is 1. The fraction of sp³-hybridized carbons (Fsp3) is 0.333. The zero-order valence-corrected chi connectivity index (χ0v) is 10.1. The molecule has 0 saturated carbocycles. The third-order valence-electron chi connectivity index (χ3n) is 2.51. The summed E-state index contributed by atoms with van der Waals surface area (Å²) in [6.45, 7) is 0.461. The van der Waals surface area contributed by atoms with E-state index in [1.54, 1.807) is 19.2 Å². The second kappa shape index (κ2) is 5.50. The number of hydrogen-bond acceptors (Lipinski definition) is 5. The molecule has 1 aromatic heterocycles. The minimum absolute atomic E-state index is 0.0707. The molecule has 2 aromatic rings. The van der Waals surface area contributed by atoms with Gasteiger partial charge < -0.3 is 20.1 Å². The number of imidazole rings is 1. The first-order valence-electron chi connectivity index (χ1n) is 5.69. The Kier molecular flexibility index (Phi) is 3.78. The Hall–Kier alpha value is -2.08. The SMILES string of the molecule is CNc1nc2cc(C=O)cc(OCCCO)c2[nH]1. The monoisotopic (exact) mass is 249 g/mol. The van der Waals surface area contributed by atoms with E-state index in [9.17, 15) is 4.79 Å². The number of aromatic nitrogens is 2. The van der Waals surface area contributed by atoms with Crippen molar-refractivity contribution in [1.29, 1.82) is 0 Å². The molecule has 1 heterocycles. The van der Waals surface area contributed by atoms with Gasteiger partial charge in [0.15, 0.2) is 0 Å². The van der Waals surface area contributed by atoms with Crippen LogP contribution in [0.2, 0.25) is 0 Å². The van der Waals surface area contributed by atoms with Crippen molar-refractivity contribution >= 4 is 23.3 Å². The van der Waals surface area contributed by atoms with E-state index in [1.807, 2.05) is 0 Å². The predicted octanol–water partition coefficient (Wildman–Crippen LogP) is 1.18. The average Bonchev–Trinajstić information content (AvgIpc) is 2.81. The summed E-state index contributed by atoms with van der Waals surface area (Å²) < 4.78 is 5.54. The molecule has 0 saturated heterocycles. The Bertz CT molecular complexity index is 551. The van der Waals surface area contributed by atoms with Crippen LogP contribution in [0, 0.1) is 0 Å². The average molecular weight is 249 g/mol. The number of nitrogens with zero attached hydrogens (tertiary/aromatic N) is 1. The quantitative estimate of drug-likeness (QED) is 0.528. The number of H-pyrrole nitrogens is 1. The first-order chi connectivity index (χ1) is 8.78. The van der Waals surface area contributed by atoms with E-state index in [4.69, 9.17) is 9.84 Å². The van der Waals surface area contributed by atoms with Crippen molar-refractivity contribution in [2.75, 3.05) is 25.6 Å². The molecule has 3 N–H and O–H groups in total. The van der Waals surface area contributed by atoms with Gasteiger partial charge in [-0.25, -0.2) is 4.98 Å². The number of carbonyl (C=O) groups is 1. The molecular weight excluding hydrogens is 234 g/mol. The first kappa shape index (κ1) is 12.4. The lowest BCUT2D eigenvalue weighted by atomic mass is 10.2. The topological polar surface area (TPSA) is 87.2 Å². The Morgan fingerprint density at radius 3 is 3.06 bits per heavy atom. The maximum Gasteiger partial charge on any atom is 0.201 e. The van der Waals surface area contributed by atoms with E-state index < -0.39 is 0 Å². The molecule has 96 valence electrons. The lowest BCUT2D eigenvalue weighted by Crippen LogP contribution is -2.00. The zero-order chi connectivity index (χ0) is 13.0. The number of fused-ring (bicyclic) bond motifs is 1. The zero-order valence-electron chi connectivity index (χ0n) is 10.1. The van der Waals surface area contributed by atoms with Crippen LogP contribution in [0.4, 0.5) is 5.95 Å². The molecule has 0 radical (unpaired) electrons. The fourth-order valence-corrected chi connectivity index (χ4v) is 1.65. The van der Waals surface area contributed by atoms with Crippen LogP contribution in [-0.2, 0) is 0 Å². The van der Waals surface area contributed by atoms with Crippen LogP contribution < -0.4 is 10.1 Å². The standard InChI is InChI=1S/C12H15N3O3/c1-13-12-14-9-5-8(7-17)6-10(11(9)15-12)18-4-2-3-16/h5-7,16H,2-4H2,1H3,(H2,13,14,15). The third kappa shape index (κ3) is 2.43. The van der Waals surface area contributed by atoms with Crippen LogP contribution in [-0.4, -0.2) is 41.6 Å². The van der Waals surface area contributed by atoms with Gasteiger partial charge in [0.25, 0.3) is 0 Å². The molecule has 6 nitrogen and oxygen atoms in total. The second-order valence-electron chi connectivity index (χ2n) is 3.79. The largest absolute Gasteiger partial charge is 0.491 e. The molecule has 0 fully saturated rings. The molecular formula is C12H15N3O3. The Balaban J connectivity index is 2.40. The van der Waals surface area contributed by atoms with Crippen LogP contribution in [0.1, 0.15) is 16.8 Å². The smallest absolute Gasteiger partial charge is 0.201 e. The highest BCUT2D eigenvalue weighted by Crippen LogP contribution is 2.26. The predicted molar refractivity (Wildman–Crippen MR) is 68.2 cm³/mol. The normalized spacial score (nSPS) is 10.6. The highest BCUT2D eigenvalue weighted by atomic mass is 16.5. The minimum atomic E-state index is 0.0707. The summed E-state index contributed by atoms with van der Waals surface area (Å²) in [5.41, 5.74) is 1.92. The number of hydrogen-bond donors (Lipinski definition) is 3. The highest BCUT2D eigenvalue weighted by molar-refractivity contribution is 5.90. The van der Waals surface area contributed by atoms with Crippen LogP contribution in [0.5, 0.6) is 5.75 Å². The van der Waals surface area contributed by atoms with E-state index in [2.05, 4.69) is 15.3 Å². The van der Waals surface area contributed by atoms with Gasteiger partial charge in [-0.1, -0.05) is 0 Å². The van der Waals surface area contributed by atoms with Crippen molar-refractivity contribution in [3.05, 3.63) is 17.7 Å². The number of benzene rings is 1. The molecule has 0 unspecified atom stereocenters. The van der Waals surface area contributed by atoms with E-state index in [1.165, 1.54) is 0 Å². The summed E-state index contributed by atoms with van der Waals surface area (Å²) in [5, 5.41) is 11.6. The molecule has 0 spiro atoms. The maximum absolute atomic E-state index is 10.9. The molecule has 18 heavy (non-hydrogen) atoms. The molecule has 0 aliphatic carbocycles. The van der Waals surface area contributed by atoms with Crippen molar-refractivity contribution in [3.8, 4) is 5.75 Å². The number of rotatable bonds is 6. The van der Waals surface area contributed by atoms with E-state index in [-0.39, 0.29) is 6.61 Å². The van der Waals surface area contributed by atoms with E-state index in [0.29, 0.717) is 35.8 Å². The lowest BCUT2D eigenvalue weighted by molar-refractivity contribution is 0.112. The lowest BCUT2D eigenvalue weighted by Gasteiger charge is -2.06. The molecule has 6 heteroatoms. The first-order valence-corrected chi connectivity index (χ1v) is 5.69. The summed E-state index contributed by atoms with van der Waals surface area (Å²) in [6.07, 6.45) is 1.30. The summed E-state index contributed by atoms with van der Waals surface area (Å²) in [7, 11) is 1.75. The number of aldehydes is 1. The summed E-state index contributed by atoms with van der Waals surface area (Å²) in [4.78, 5) is 18.2. The maximum atomic E-state index is 10.9. The van der Waals surface area contributed by atoms with Gasteiger partial charge in [0.2, 0.25) is 5.95 Å². The van der Waals surface area contributed by atoms with Crippen molar-refractivity contribution in [2.45, 2.75) is 6.42 Å². The molecule has 0 amide bonds. The molecule has 0 bridgehead atoms. The highest BCUT2D eigenvalue weighted by Gasteiger charge is 2.10.